The van der Waals surface area contributed by atoms with Gasteiger partial charge in [0.15, 0.2) is 0 Å². The molecular formula is C13H26N2OS. The van der Waals surface area contributed by atoms with Gasteiger partial charge in [0.05, 0.1) is 5.92 Å². The molecule has 0 aromatic carbocycles. The number of amides is 1. The van der Waals surface area contributed by atoms with Gasteiger partial charge >= 0.3 is 0 Å². The lowest BCUT2D eigenvalue weighted by Gasteiger charge is -2.39. The minimum atomic E-state index is 0.00718. The first kappa shape index (κ1) is 14.8. The zero-order chi connectivity index (χ0) is 13.0. The molecule has 1 aliphatic heterocycles. The Labute approximate surface area is 109 Å². The van der Waals surface area contributed by atoms with Crippen LogP contribution in [0.25, 0.3) is 0 Å². The molecule has 1 heterocycles. The highest BCUT2D eigenvalue weighted by molar-refractivity contribution is 8.00. The Balaban J connectivity index is 2.66. The monoisotopic (exact) mass is 258 g/mol. The van der Waals surface area contributed by atoms with Gasteiger partial charge in [-0.1, -0.05) is 20.8 Å². The predicted octanol–water partition coefficient (Wildman–Crippen LogP) is 1.96. The van der Waals surface area contributed by atoms with Crippen LogP contribution in [0, 0.1) is 11.8 Å². The van der Waals surface area contributed by atoms with E-state index in [-0.39, 0.29) is 11.8 Å². The lowest BCUT2D eigenvalue weighted by molar-refractivity contribution is -0.137. The number of hydrogen-bond donors (Lipinski definition) is 1. The Morgan fingerprint density at radius 1 is 1.47 bits per heavy atom. The van der Waals surface area contributed by atoms with Gasteiger partial charge in [0.25, 0.3) is 0 Å². The Morgan fingerprint density at radius 2 is 2.12 bits per heavy atom. The molecule has 0 spiro atoms. The first-order chi connectivity index (χ1) is 7.97. The van der Waals surface area contributed by atoms with Crippen LogP contribution in [0.4, 0.5) is 0 Å². The molecule has 4 heteroatoms. The summed E-state index contributed by atoms with van der Waals surface area (Å²) >= 11 is 1.96. The van der Waals surface area contributed by atoms with E-state index in [1.807, 2.05) is 16.7 Å². The summed E-state index contributed by atoms with van der Waals surface area (Å²) in [5, 5.41) is 0.533. The predicted molar refractivity (Wildman–Crippen MR) is 75.1 cm³/mol. The molecule has 3 atom stereocenters. The summed E-state index contributed by atoms with van der Waals surface area (Å²) in [7, 11) is 0. The normalized spacial score (nSPS) is 27.3. The smallest absolute Gasteiger partial charge is 0.227 e. The van der Waals surface area contributed by atoms with Crippen LogP contribution in [0.5, 0.6) is 0 Å². The molecule has 3 unspecified atom stereocenters. The summed E-state index contributed by atoms with van der Waals surface area (Å²) in [6.07, 6.45) is 0.903. The van der Waals surface area contributed by atoms with Crippen LogP contribution in [-0.2, 0) is 4.79 Å². The first-order valence-corrected chi connectivity index (χ1v) is 7.64. The molecule has 1 saturated heterocycles. The second-order valence-electron chi connectivity index (χ2n) is 5.41. The third-order valence-corrected chi connectivity index (χ3v) is 4.89. The largest absolute Gasteiger partial charge is 0.338 e. The van der Waals surface area contributed by atoms with Gasteiger partial charge in [-0.3, -0.25) is 4.79 Å². The van der Waals surface area contributed by atoms with E-state index in [1.54, 1.807) is 0 Å². The molecule has 3 nitrogen and oxygen atoms in total. The van der Waals surface area contributed by atoms with Crippen molar-refractivity contribution in [2.45, 2.75) is 45.4 Å². The van der Waals surface area contributed by atoms with Crippen molar-refractivity contribution in [2.24, 2.45) is 17.6 Å². The quantitative estimate of drug-likeness (QED) is 0.838. The van der Waals surface area contributed by atoms with Gasteiger partial charge in [-0.05, 0) is 19.3 Å². The third kappa shape index (κ3) is 3.88. The van der Waals surface area contributed by atoms with E-state index in [2.05, 4.69) is 27.7 Å². The summed E-state index contributed by atoms with van der Waals surface area (Å²) in [4.78, 5) is 14.5. The Kier molecular flexibility index (Phi) is 5.80. The van der Waals surface area contributed by atoms with Crippen molar-refractivity contribution in [1.29, 1.82) is 0 Å². The molecule has 17 heavy (non-hydrogen) atoms. The van der Waals surface area contributed by atoms with Crippen LogP contribution in [0.15, 0.2) is 0 Å². The fourth-order valence-electron chi connectivity index (χ4n) is 2.35. The van der Waals surface area contributed by atoms with Crippen LogP contribution >= 0.6 is 11.8 Å². The van der Waals surface area contributed by atoms with E-state index >= 15 is 0 Å². The molecule has 0 aromatic rings. The number of nitrogens with zero attached hydrogens (tertiary/aromatic N) is 1. The third-order valence-electron chi connectivity index (χ3n) is 3.56. The molecule has 0 radical (unpaired) electrons. The van der Waals surface area contributed by atoms with Gasteiger partial charge in [-0.2, -0.15) is 11.8 Å². The van der Waals surface area contributed by atoms with Crippen molar-refractivity contribution in [3.05, 3.63) is 0 Å². The van der Waals surface area contributed by atoms with Crippen molar-refractivity contribution in [2.75, 3.05) is 18.8 Å². The van der Waals surface area contributed by atoms with Crippen LogP contribution < -0.4 is 5.73 Å². The fourth-order valence-corrected chi connectivity index (χ4v) is 3.44. The van der Waals surface area contributed by atoms with E-state index < -0.39 is 0 Å². The maximum absolute atomic E-state index is 12.5. The average molecular weight is 258 g/mol. The molecule has 1 amide bonds. The van der Waals surface area contributed by atoms with E-state index in [0.29, 0.717) is 23.8 Å². The second kappa shape index (κ2) is 6.64. The highest BCUT2D eigenvalue weighted by Crippen LogP contribution is 2.26. The van der Waals surface area contributed by atoms with Crippen molar-refractivity contribution in [1.82, 2.24) is 4.90 Å². The van der Waals surface area contributed by atoms with E-state index in [9.17, 15) is 4.79 Å². The SMILES string of the molecule is CC(C)CC(CN)C(=O)N1CCSC(C)C1C. The second-order valence-corrected chi connectivity index (χ2v) is 6.90. The highest BCUT2D eigenvalue weighted by Gasteiger charge is 2.32. The van der Waals surface area contributed by atoms with Crippen LogP contribution in [0.1, 0.15) is 34.1 Å². The van der Waals surface area contributed by atoms with Crippen molar-refractivity contribution >= 4 is 17.7 Å². The number of carbonyl (C=O) groups is 1. The van der Waals surface area contributed by atoms with Gasteiger partial charge < -0.3 is 10.6 Å². The molecule has 0 bridgehead atoms. The fraction of sp³-hybridized carbons (Fsp3) is 0.923. The first-order valence-electron chi connectivity index (χ1n) is 6.59. The molecule has 1 fully saturated rings. The number of nitrogens with two attached hydrogens (primary N) is 1. The van der Waals surface area contributed by atoms with Gasteiger partial charge in [0, 0.05) is 30.1 Å². The van der Waals surface area contributed by atoms with Gasteiger partial charge in [-0.25, -0.2) is 0 Å². The molecule has 0 aromatic heterocycles. The summed E-state index contributed by atoms with van der Waals surface area (Å²) in [5.74, 6) is 1.85. The number of rotatable bonds is 4. The zero-order valence-electron chi connectivity index (χ0n) is 11.5. The van der Waals surface area contributed by atoms with Crippen molar-refractivity contribution < 1.29 is 4.79 Å². The van der Waals surface area contributed by atoms with Crippen LogP contribution in [0.2, 0.25) is 0 Å². The summed E-state index contributed by atoms with van der Waals surface area (Å²) in [6.45, 7) is 10.00. The number of carbonyl (C=O) groups excluding carboxylic acids is 1. The number of thioether (sulfide) groups is 1. The van der Waals surface area contributed by atoms with Crippen molar-refractivity contribution in [3.63, 3.8) is 0 Å². The molecule has 1 rings (SSSR count). The van der Waals surface area contributed by atoms with Gasteiger partial charge in [0.1, 0.15) is 0 Å². The minimum Gasteiger partial charge on any atom is -0.338 e. The topological polar surface area (TPSA) is 46.3 Å². The van der Waals surface area contributed by atoms with Crippen LogP contribution in [0.3, 0.4) is 0 Å². The summed E-state index contributed by atoms with van der Waals surface area (Å²) < 4.78 is 0. The zero-order valence-corrected chi connectivity index (χ0v) is 12.3. The molecule has 100 valence electrons. The maximum atomic E-state index is 12.5. The van der Waals surface area contributed by atoms with E-state index in [0.717, 1.165) is 18.7 Å². The molecule has 1 aliphatic rings. The average Bonchev–Trinajstić information content (AvgIpc) is 2.28. The molecule has 0 saturated carbocycles. The number of hydrogen-bond acceptors (Lipinski definition) is 3. The lowest BCUT2D eigenvalue weighted by atomic mass is 9.95. The van der Waals surface area contributed by atoms with Crippen LogP contribution in [-0.4, -0.2) is 40.9 Å². The van der Waals surface area contributed by atoms with E-state index in [1.165, 1.54) is 0 Å². The standard InChI is InChI=1S/C13H26N2OS/c1-9(2)7-12(8-14)13(16)15-5-6-17-11(4)10(15)3/h9-12H,5-8,14H2,1-4H3. The van der Waals surface area contributed by atoms with Gasteiger partial charge in [-0.15, -0.1) is 0 Å². The summed E-state index contributed by atoms with van der Waals surface area (Å²) in [5.41, 5.74) is 5.76. The minimum absolute atomic E-state index is 0.00718. The van der Waals surface area contributed by atoms with Gasteiger partial charge in [0.2, 0.25) is 5.91 Å². The Morgan fingerprint density at radius 3 is 2.65 bits per heavy atom. The molecular weight excluding hydrogens is 232 g/mol. The Bertz CT molecular complexity index is 258. The summed E-state index contributed by atoms with van der Waals surface area (Å²) in [6, 6.07) is 0.336. The molecule has 2 N–H and O–H groups in total. The Hall–Kier alpha value is -0.220. The van der Waals surface area contributed by atoms with Crippen molar-refractivity contribution in [3.8, 4) is 0 Å². The highest BCUT2D eigenvalue weighted by atomic mass is 32.2. The molecule has 0 aliphatic carbocycles. The maximum Gasteiger partial charge on any atom is 0.227 e. The van der Waals surface area contributed by atoms with E-state index in [4.69, 9.17) is 5.73 Å². The lowest BCUT2D eigenvalue weighted by Crippen LogP contribution is -2.51.